The highest BCUT2D eigenvalue weighted by molar-refractivity contribution is 5.42. The average molecular weight is 160 g/mol. The molecular weight excluding hydrogens is 152 g/mol. The minimum absolute atomic E-state index is 0.690. The molecule has 2 N–H and O–H groups in total. The fourth-order valence-electron chi connectivity index (χ4n) is 0.964. The Morgan fingerprint density at radius 1 is 1.33 bits per heavy atom. The van der Waals surface area contributed by atoms with Crippen LogP contribution in [0.1, 0.15) is 0 Å². The molecule has 2 rings (SSSR count). The van der Waals surface area contributed by atoms with Crippen molar-refractivity contribution >= 4 is 5.69 Å². The first-order valence-electron chi connectivity index (χ1n) is 3.58. The number of nitrogens with two attached hydrogens (primary N) is 1. The lowest BCUT2D eigenvalue weighted by molar-refractivity contribution is 0.847. The van der Waals surface area contributed by atoms with E-state index in [0.717, 1.165) is 5.82 Å². The van der Waals surface area contributed by atoms with Gasteiger partial charge in [-0.25, -0.2) is 9.67 Å². The Hall–Kier alpha value is -1.84. The monoisotopic (exact) mass is 160 g/mol. The molecule has 4 heteroatoms. The molecule has 60 valence electrons. The second kappa shape index (κ2) is 2.65. The van der Waals surface area contributed by atoms with E-state index in [1.54, 1.807) is 29.2 Å². The maximum absolute atomic E-state index is 5.58. The normalized spacial score (nSPS) is 10.0. The van der Waals surface area contributed by atoms with Gasteiger partial charge < -0.3 is 5.73 Å². The van der Waals surface area contributed by atoms with Crippen molar-refractivity contribution in [3.05, 3.63) is 36.8 Å². The van der Waals surface area contributed by atoms with Gasteiger partial charge in [-0.1, -0.05) is 0 Å². The van der Waals surface area contributed by atoms with Gasteiger partial charge in [-0.05, 0) is 12.1 Å². The van der Waals surface area contributed by atoms with Crippen molar-refractivity contribution in [1.82, 2.24) is 14.8 Å². The molecule has 2 aromatic rings. The van der Waals surface area contributed by atoms with Crippen LogP contribution < -0.4 is 5.73 Å². The minimum atomic E-state index is 0.690. The number of hydrogen-bond donors (Lipinski definition) is 1. The van der Waals surface area contributed by atoms with E-state index >= 15 is 0 Å². The van der Waals surface area contributed by atoms with E-state index in [9.17, 15) is 0 Å². The summed E-state index contributed by atoms with van der Waals surface area (Å²) >= 11 is 0. The van der Waals surface area contributed by atoms with Gasteiger partial charge in [-0.15, -0.1) is 0 Å². The minimum Gasteiger partial charge on any atom is -0.399 e. The summed E-state index contributed by atoms with van der Waals surface area (Å²) in [6, 6.07) is 5.35. The van der Waals surface area contributed by atoms with Crippen molar-refractivity contribution in [3.63, 3.8) is 0 Å². The Kier molecular flexibility index (Phi) is 1.51. The summed E-state index contributed by atoms with van der Waals surface area (Å²) in [4.78, 5) is 4.10. The molecule has 0 unspecified atom stereocenters. The predicted octanol–water partition coefficient (Wildman–Crippen LogP) is 0.850. The Balaban J connectivity index is 2.48. The van der Waals surface area contributed by atoms with Crippen LogP contribution in [-0.2, 0) is 0 Å². The molecule has 0 saturated heterocycles. The van der Waals surface area contributed by atoms with E-state index in [1.807, 2.05) is 12.3 Å². The quantitative estimate of drug-likeness (QED) is 0.672. The molecule has 0 radical (unpaired) electrons. The SMILES string of the molecule is Nc1ccnc(-n2cccn2)c1. The maximum atomic E-state index is 5.58. The maximum Gasteiger partial charge on any atom is 0.155 e. The van der Waals surface area contributed by atoms with E-state index in [2.05, 4.69) is 10.1 Å². The molecule has 2 aromatic heterocycles. The summed E-state index contributed by atoms with van der Waals surface area (Å²) in [5.41, 5.74) is 6.27. The molecule has 0 aromatic carbocycles. The summed E-state index contributed by atoms with van der Waals surface area (Å²) in [6.07, 6.45) is 5.18. The van der Waals surface area contributed by atoms with Crippen LogP contribution in [0, 0.1) is 0 Å². The zero-order valence-electron chi connectivity index (χ0n) is 6.38. The first-order valence-corrected chi connectivity index (χ1v) is 3.58. The van der Waals surface area contributed by atoms with Crippen LogP contribution in [0.25, 0.3) is 5.82 Å². The number of hydrogen-bond acceptors (Lipinski definition) is 3. The van der Waals surface area contributed by atoms with Crippen molar-refractivity contribution in [2.24, 2.45) is 0 Å². The number of rotatable bonds is 1. The zero-order valence-corrected chi connectivity index (χ0v) is 6.38. The third-order valence-electron chi connectivity index (χ3n) is 1.51. The Bertz CT molecular complexity index is 366. The molecule has 0 saturated carbocycles. The van der Waals surface area contributed by atoms with Gasteiger partial charge in [-0.2, -0.15) is 5.10 Å². The lowest BCUT2D eigenvalue weighted by Crippen LogP contribution is -1.98. The molecule has 0 aliphatic rings. The summed E-state index contributed by atoms with van der Waals surface area (Å²) in [6.45, 7) is 0. The van der Waals surface area contributed by atoms with Gasteiger partial charge in [0.25, 0.3) is 0 Å². The summed E-state index contributed by atoms with van der Waals surface area (Å²) < 4.78 is 1.66. The summed E-state index contributed by atoms with van der Waals surface area (Å²) in [7, 11) is 0. The topological polar surface area (TPSA) is 56.7 Å². The lowest BCUT2D eigenvalue weighted by Gasteiger charge is -1.99. The Morgan fingerprint density at radius 2 is 2.25 bits per heavy atom. The van der Waals surface area contributed by atoms with Crippen LogP contribution in [0.4, 0.5) is 5.69 Å². The Morgan fingerprint density at radius 3 is 2.92 bits per heavy atom. The van der Waals surface area contributed by atoms with E-state index in [4.69, 9.17) is 5.73 Å². The van der Waals surface area contributed by atoms with Crippen molar-refractivity contribution in [3.8, 4) is 5.82 Å². The number of nitrogen functional groups attached to an aromatic ring is 1. The second-order valence-electron chi connectivity index (χ2n) is 2.40. The van der Waals surface area contributed by atoms with Crippen molar-refractivity contribution in [2.75, 3.05) is 5.73 Å². The third kappa shape index (κ3) is 1.14. The highest BCUT2D eigenvalue weighted by Gasteiger charge is 1.95. The molecule has 0 aliphatic heterocycles. The van der Waals surface area contributed by atoms with Crippen molar-refractivity contribution in [1.29, 1.82) is 0 Å². The first-order chi connectivity index (χ1) is 5.86. The van der Waals surface area contributed by atoms with Gasteiger partial charge in [-0.3, -0.25) is 0 Å². The Labute approximate surface area is 69.7 Å². The zero-order chi connectivity index (χ0) is 8.39. The fourth-order valence-corrected chi connectivity index (χ4v) is 0.964. The average Bonchev–Trinajstić information content (AvgIpc) is 2.56. The van der Waals surface area contributed by atoms with Crippen LogP contribution in [0.15, 0.2) is 36.8 Å². The summed E-state index contributed by atoms with van der Waals surface area (Å²) in [5.74, 6) is 0.736. The lowest BCUT2D eigenvalue weighted by atomic mass is 10.4. The van der Waals surface area contributed by atoms with Gasteiger partial charge in [0.2, 0.25) is 0 Å². The van der Waals surface area contributed by atoms with Gasteiger partial charge in [0, 0.05) is 30.3 Å². The molecule has 0 amide bonds. The first kappa shape index (κ1) is 6.84. The van der Waals surface area contributed by atoms with Gasteiger partial charge >= 0.3 is 0 Å². The van der Waals surface area contributed by atoms with E-state index in [0.29, 0.717) is 5.69 Å². The second-order valence-corrected chi connectivity index (χ2v) is 2.40. The van der Waals surface area contributed by atoms with Gasteiger partial charge in [0.1, 0.15) is 0 Å². The molecule has 4 nitrogen and oxygen atoms in total. The number of nitrogens with zero attached hydrogens (tertiary/aromatic N) is 3. The summed E-state index contributed by atoms with van der Waals surface area (Å²) in [5, 5.41) is 4.03. The third-order valence-corrected chi connectivity index (χ3v) is 1.51. The van der Waals surface area contributed by atoms with E-state index in [-0.39, 0.29) is 0 Å². The smallest absolute Gasteiger partial charge is 0.155 e. The van der Waals surface area contributed by atoms with Crippen LogP contribution in [0.5, 0.6) is 0 Å². The van der Waals surface area contributed by atoms with E-state index < -0.39 is 0 Å². The highest BCUT2D eigenvalue weighted by atomic mass is 15.3. The molecule has 12 heavy (non-hydrogen) atoms. The highest BCUT2D eigenvalue weighted by Crippen LogP contribution is 2.06. The van der Waals surface area contributed by atoms with Gasteiger partial charge in [0.15, 0.2) is 5.82 Å². The van der Waals surface area contributed by atoms with Crippen LogP contribution in [0.3, 0.4) is 0 Å². The largest absolute Gasteiger partial charge is 0.399 e. The number of anilines is 1. The molecule has 0 fully saturated rings. The van der Waals surface area contributed by atoms with Crippen LogP contribution >= 0.6 is 0 Å². The van der Waals surface area contributed by atoms with Crippen molar-refractivity contribution < 1.29 is 0 Å². The molecule has 0 atom stereocenters. The standard InChI is InChI=1S/C8H8N4/c9-7-2-4-10-8(6-7)12-5-1-3-11-12/h1-6H,(H2,9,10). The molecule has 0 aliphatic carbocycles. The predicted molar refractivity (Wildman–Crippen MR) is 45.8 cm³/mol. The van der Waals surface area contributed by atoms with Crippen molar-refractivity contribution in [2.45, 2.75) is 0 Å². The number of aromatic nitrogens is 3. The molecular formula is C8H8N4. The van der Waals surface area contributed by atoms with Crippen LogP contribution in [-0.4, -0.2) is 14.8 Å². The fraction of sp³-hybridized carbons (Fsp3) is 0. The molecule has 0 bridgehead atoms. The van der Waals surface area contributed by atoms with Gasteiger partial charge in [0.05, 0.1) is 0 Å². The van der Waals surface area contributed by atoms with Crippen LogP contribution in [0.2, 0.25) is 0 Å². The number of pyridine rings is 1. The molecule has 0 spiro atoms. The molecule has 2 heterocycles. The van der Waals surface area contributed by atoms with E-state index in [1.165, 1.54) is 0 Å².